The van der Waals surface area contributed by atoms with Crippen molar-refractivity contribution in [3.8, 4) is 11.3 Å². The van der Waals surface area contributed by atoms with Crippen LogP contribution >= 0.6 is 11.3 Å². The lowest BCUT2D eigenvalue weighted by Gasteiger charge is -2.00. The third kappa shape index (κ3) is 3.12. The number of pyridine rings is 1. The molecule has 6 nitrogen and oxygen atoms in total. The van der Waals surface area contributed by atoms with Gasteiger partial charge in [-0.05, 0) is 29.7 Å². The van der Waals surface area contributed by atoms with Crippen molar-refractivity contribution in [3.63, 3.8) is 0 Å². The molecule has 0 radical (unpaired) electrons. The number of H-pyrrole nitrogens is 1. The zero-order chi connectivity index (χ0) is 18.1. The number of hydrogen-bond donors (Lipinski definition) is 1. The summed E-state index contributed by atoms with van der Waals surface area (Å²) in [6, 6.07) is 12.6. The van der Waals surface area contributed by atoms with Gasteiger partial charge in [0.05, 0.1) is 17.5 Å². The third-order valence-corrected chi connectivity index (χ3v) is 5.66. The van der Waals surface area contributed by atoms with E-state index in [0.717, 1.165) is 10.9 Å². The van der Waals surface area contributed by atoms with Gasteiger partial charge in [0.15, 0.2) is 0 Å². The van der Waals surface area contributed by atoms with Gasteiger partial charge in [-0.1, -0.05) is 18.2 Å². The average molecular weight is 384 g/mol. The molecule has 1 aromatic carbocycles. The average Bonchev–Trinajstić information content (AvgIpc) is 3.30. The van der Waals surface area contributed by atoms with Gasteiger partial charge in [-0.15, -0.1) is 11.3 Å². The molecule has 0 aliphatic rings. The Morgan fingerprint density at radius 1 is 1.19 bits per heavy atom. The highest BCUT2D eigenvalue weighted by molar-refractivity contribution is 7.73. The van der Waals surface area contributed by atoms with Crippen molar-refractivity contribution in [3.05, 3.63) is 75.2 Å². The summed E-state index contributed by atoms with van der Waals surface area (Å²) in [6.07, 6.45) is 1.60. The SMILES string of the molecule is O=c1[nH]c2ccccc2cc1-c1csc(C(Cc2ccco2)=S(=O)=O)n1. The van der Waals surface area contributed by atoms with Gasteiger partial charge in [-0.2, -0.15) is 8.42 Å². The number of furan rings is 1. The van der Waals surface area contributed by atoms with Crippen molar-refractivity contribution >= 4 is 37.4 Å². The molecular weight excluding hydrogens is 372 g/mol. The molecule has 130 valence electrons. The highest BCUT2D eigenvalue weighted by Gasteiger charge is 2.16. The predicted octanol–water partition coefficient (Wildman–Crippen LogP) is 2.89. The Kier molecular flexibility index (Phi) is 4.27. The van der Waals surface area contributed by atoms with Crippen LogP contribution in [0.3, 0.4) is 0 Å². The number of hydrogen-bond acceptors (Lipinski definition) is 6. The maximum absolute atomic E-state index is 12.4. The Balaban J connectivity index is 1.77. The molecule has 0 aliphatic heterocycles. The van der Waals surface area contributed by atoms with E-state index < -0.39 is 10.3 Å². The minimum atomic E-state index is -2.44. The molecule has 0 bridgehead atoms. The van der Waals surface area contributed by atoms with E-state index in [-0.39, 0.29) is 16.8 Å². The van der Waals surface area contributed by atoms with E-state index >= 15 is 0 Å². The first kappa shape index (κ1) is 16.5. The van der Waals surface area contributed by atoms with Crippen LogP contribution in [-0.4, -0.2) is 23.3 Å². The fourth-order valence-electron chi connectivity index (χ4n) is 2.64. The normalized spacial score (nSPS) is 10.9. The van der Waals surface area contributed by atoms with E-state index in [0.29, 0.717) is 22.0 Å². The molecule has 4 aromatic rings. The molecular formula is C18H12N2O4S2. The maximum Gasteiger partial charge on any atom is 0.257 e. The molecule has 0 fully saturated rings. The van der Waals surface area contributed by atoms with Crippen molar-refractivity contribution in [2.75, 3.05) is 0 Å². The minimum absolute atomic E-state index is 0.115. The van der Waals surface area contributed by atoms with Gasteiger partial charge >= 0.3 is 0 Å². The molecule has 1 N–H and O–H groups in total. The predicted molar refractivity (Wildman–Crippen MR) is 101 cm³/mol. The van der Waals surface area contributed by atoms with Gasteiger partial charge < -0.3 is 9.40 Å². The lowest BCUT2D eigenvalue weighted by molar-refractivity contribution is 0.527. The number of nitrogens with one attached hydrogen (secondary N) is 1. The number of aromatic amines is 1. The molecule has 3 heterocycles. The highest BCUT2D eigenvalue weighted by atomic mass is 32.2. The van der Waals surface area contributed by atoms with Gasteiger partial charge in [-0.25, -0.2) is 4.98 Å². The summed E-state index contributed by atoms with van der Waals surface area (Å²) in [6.45, 7) is 0. The molecule has 4 rings (SSSR count). The number of nitrogens with zero attached hydrogens (tertiary/aromatic N) is 1. The number of benzene rings is 1. The summed E-state index contributed by atoms with van der Waals surface area (Å²) < 4.78 is 28.5. The summed E-state index contributed by atoms with van der Waals surface area (Å²) in [5, 5.41) is 2.91. The lowest BCUT2D eigenvalue weighted by atomic mass is 10.1. The van der Waals surface area contributed by atoms with Crippen LogP contribution in [0, 0.1) is 0 Å². The van der Waals surface area contributed by atoms with Crippen LogP contribution in [0.25, 0.3) is 22.2 Å². The summed E-state index contributed by atoms with van der Waals surface area (Å²) >= 11 is 1.18. The number of rotatable bonds is 4. The number of para-hydroxylation sites is 1. The molecule has 0 spiro atoms. The molecule has 8 heteroatoms. The van der Waals surface area contributed by atoms with Gasteiger partial charge in [0.25, 0.3) is 5.56 Å². The standard InChI is InChI=1S/C18H12N2O4S2/c21-17-13(8-11-4-1-2-6-14(11)19-17)15-10-25-18(20-15)16(26(22)23)9-12-5-3-7-24-12/h1-8,10H,9H2,(H,19,21). The van der Waals surface area contributed by atoms with Crippen LogP contribution in [0.4, 0.5) is 0 Å². The first-order valence-corrected chi connectivity index (χ1v) is 9.63. The molecule has 0 saturated carbocycles. The molecule has 0 amide bonds. The second-order valence-corrected chi connectivity index (χ2v) is 7.37. The van der Waals surface area contributed by atoms with E-state index in [9.17, 15) is 13.2 Å². The van der Waals surface area contributed by atoms with Crippen molar-refractivity contribution in [2.45, 2.75) is 6.42 Å². The number of aromatic nitrogens is 2. The smallest absolute Gasteiger partial charge is 0.257 e. The van der Waals surface area contributed by atoms with Crippen molar-refractivity contribution in [1.82, 2.24) is 9.97 Å². The van der Waals surface area contributed by atoms with Crippen molar-refractivity contribution in [1.29, 1.82) is 0 Å². The minimum Gasteiger partial charge on any atom is -0.469 e. The van der Waals surface area contributed by atoms with Crippen molar-refractivity contribution < 1.29 is 12.8 Å². The van der Waals surface area contributed by atoms with E-state index in [2.05, 4.69) is 9.97 Å². The second kappa shape index (κ2) is 6.74. The van der Waals surface area contributed by atoms with Gasteiger partial charge in [0.1, 0.15) is 15.6 Å². The highest BCUT2D eigenvalue weighted by Crippen LogP contribution is 2.23. The molecule has 26 heavy (non-hydrogen) atoms. The van der Waals surface area contributed by atoms with Crippen LogP contribution in [0.1, 0.15) is 10.8 Å². The fourth-order valence-corrected chi connectivity index (χ4v) is 4.19. The Morgan fingerprint density at radius 2 is 2.04 bits per heavy atom. The maximum atomic E-state index is 12.4. The largest absolute Gasteiger partial charge is 0.469 e. The van der Waals surface area contributed by atoms with Crippen LogP contribution in [0.5, 0.6) is 0 Å². The summed E-state index contributed by atoms with van der Waals surface area (Å²) in [5.41, 5.74) is 1.32. The molecule has 0 atom stereocenters. The van der Waals surface area contributed by atoms with Crippen LogP contribution in [-0.2, 0) is 16.7 Å². The first-order chi connectivity index (χ1) is 12.6. The summed E-state index contributed by atoms with van der Waals surface area (Å²) in [5.74, 6) is 0.532. The lowest BCUT2D eigenvalue weighted by Crippen LogP contribution is -2.10. The van der Waals surface area contributed by atoms with Crippen LogP contribution in [0.2, 0.25) is 0 Å². The van der Waals surface area contributed by atoms with Gasteiger partial charge in [0.2, 0.25) is 10.3 Å². The summed E-state index contributed by atoms with van der Waals surface area (Å²) in [4.78, 5) is 19.7. The zero-order valence-corrected chi connectivity index (χ0v) is 14.9. The summed E-state index contributed by atoms with van der Waals surface area (Å²) in [7, 11) is -2.44. The first-order valence-electron chi connectivity index (χ1n) is 7.67. The Labute approximate surface area is 153 Å². The fraction of sp³-hybridized carbons (Fsp3) is 0.0556. The third-order valence-electron chi connectivity index (χ3n) is 3.89. The van der Waals surface area contributed by atoms with Crippen LogP contribution < -0.4 is 5.56 Å². The second-order valence-electron chi connectivity index (χ2n) is 5.55. The topological polar surface area (TPSA) is 93.0 Å². The van der Waals surface area contributed by atoms with Crippen LogP contribution in [0.15, 0.2) is 63.3 Å². The Morgan fingerprint density at radius 3 is 2.81 bits per heavy atom. The molecule has 3 aromatic heterocycles. The van der Waals surface area contributed by atoms with E-state index in [4.69, 9.17) is 4.42 Å². The Hall–Kier alpha value is -2.97. The zero-order valence-electron chi connectivity index (χ0n) is 13.3. The molecule has 0 saturated heterocycles. The quantitative estimate of drug-likeness (QED) is 0.431. The number of fused-ring (bicyclic) bond motifs is 1. The molecule has 0 unspecified atom stereocenters. The van der Waals surface area contributed by atoms with Gasteiger partial charge in [0, 0.05) is 17.3 Å². The van der Waals surface area contributed by atoms with Gasteiger partial charge in [-0.3, -0.25) is 4.79 Å². The number of thiazole rings is 1. The molecule has 0 aliphatic carbocycles. The van der Waals surface area contributed by atoms with E-state index in [1.165, 1.54) is 17.6 Å². The van der Waals surface area contributed by atoms with Crippen molar-refractivity contribution in [2.24, 2.45) is 0 Å². The van der Waals surface area contributed by atoms with E-state index in [1.807, 2.05) is 24.3 Å². The monoisotopic (exact) mass is 384 g/mol. The Bertz CT molecular complexity index is 1270. The van der Waals surface area contributed by atoms with E-state index in [1.54, 1.807) is 23.6 Å².